The minimum atomic E-state index is -0.0962. The molecule has 0 saturated heterocycles. The molecule has 3 heteroatoms. The van der Waals surface area contributed by atoms with Crippen LogP contribution in [0.1, 0.15) is 39.3 Å². The first-order valence-corrected chi connectivity index (χ1v) is 14.8. The van der Waals surface area contributed by atoms with E-state index in [0.717, 1.165) is 22.3 Å². The van der Waals surface area contributed by atoms with Crippen LogP contribution in [0.5, 0.6) is 0 Å². The molecule has 0 spiro atoms. The Morgan fingerprint density at radius 3 is 1.86 bits per heavy atom. The monoisotopic (exact) mass is 565 g/mol. The number of aryl methyl sites for hydroxylation is 2. The van der Waals surface area contributed by atoms with Crippen molar-refractivity contribution >= 4 is 21.9 Å². The van der Waals surface area contributed by atoms with Gasteiger partial charge >= 0.3 is 0 Å². The number of hydrogen-bond donors (Lipinski definition) is 0. The van der Waals surface area contributed by atoms with Gasteiger partial charge in [-0.1, -0.05) is 84.9 Å². The molecule has 7 aromatic rings. The zero-order valence-corrected chi connectivity index (χ0v) is 24.4. The van der Waals surface area contributed by atoms with Crippen LogP contribution in [0, 0.1) is 25.2 Å². The van der Waals surface area contributed by atoms with E-state index in [1.165, 1.54) is 38.9 Å². The highest BCUT2D eigenvalue weighted by atomic mass is 16.3. The molecular formula is C41H27NO2. The van der Waals surface area contributed by atoms with Crippen molar-refractivity contribution in [1.29, 1.82) is 5.26 Å². The summed E-state index contributed by atoms with van der Waals surface area (Å²) < 4.78 is 6.25. The molecule has 0 aliphatic heterocycles. The largest absolute Gasteiger partial charge is 0.456 e. The molecule has 1 aliphatic carbocycles. The highest BCUT2D eigenvalue weighted by molar-refractivity contribution is 5.93. The minimum Gasteiger partial charge on any atom is -0.456 e. The predicted molar refractivity (Wildman–Crippen MR) is 178 cm³/mol. The number of hydrogen-bond acceptors (Lipinski definition) is 3. The maximum Gasteiger partial charge on any atom is 0.200 e. The van der Waals surface area contributed by atoms with E-state index in [0.29, 0.717) is 27.5 Å². The molecule has 3 nitrogen and oxygen atoms in total. The third kappa shape index (κ3) is 4.00. The predicted octanol–water partition coefficient (Wildman–Crippen LogP) is 9.93. The van der Waals surface area contributed by atoms with E-state index in [4.69, 9.17) is 4.42 Å². The van der Waals surface area contributed by atoms with Gasteiger partial charge in [0.1, 0.15) is 11.2 Å². The number of fused-ring (bicyclic) bond motifs is 5. The first-order chi connectivity index (χ1) is 21.5. The second-order valence-electron chi connectivity index (χ2n) is 11.7. The third-order valence-electron chi connectivity index (χ3n) is 9.05. The van der Waals surface area contributed by atoms with Gasteiger partial charge < -0.3 is 4.42 Å². The van der Waals surface area contributed by atoms with Crippen LogP contribution in [0.25, 0.3) is 55.3 Å². The molecule has 0 atom stereocenters. The quantitative estimate of drug-likeness (QED) is 0.200. The Labute approximate surface area is 255 Å². The van der Waals surface area contributed by atoms with Gasteiger partial charge in [-0.2, -0.15) is 5.26 Å². The summed E-state index contributed by atoms with van der Waals surface area (Å²) in [5.41, 5.74) is 14.7. The Kier molecular flexibility index (Phi) is 5.86. The summed E-state index contributed by atoms with van der Waals surface area (Å²) in [6.07, 6.45) is 0. The molecule has 8 rings (SSSR count). The second kappa shape index (κ2) is 9.93. The van der Waals surface area contributed by atoms with Crippen molar-refractivity contribution < 1.29 is 4.42 Å². The third-order valence-corrected chi connectivity index (χ3v) is 9.05. The van der Waals surface area contributed by atoms with Gasteiger partial charge in [-0.05, 0) is 111 Å². The van der Waals surface area contributed by atoms with Gasteiger partial charge in [0.25, 0.3) is 0 Å². The average molecular weight is 566 g/mol. The van der Waals surface area contributed by atoms with Crippen molar-refractivity contribution in [3.8, 4) is 39.4 Å². The summed E-state index contributed by atoms with van der Waals surface area (Å²) >= 11 is 0. The zero-order valence-electron chi connectivity index (χ0n) is 24.4. The summed E-state index contributed by atoms with van der Waals surface area (Å²) in [4.78, 5) is 13.4. The summed E-state index contributed by atoms with van der Waals surface area (Å²) in [7, 11) is 0. The molecule has 0 saturated carbocycles. The first-order valence-electron chi connectivity index (χ1n) is 14.8. The molecule has 0 amide bonds. The van der Waals surface area contributed by atoms with Crippen LogP contribution in [-0.4, -0.2) is 0 Å². The minimum absolute atomic E-state index is 0.0940. The van der Waals surface area contributed by atoms with Crippen molar-refractivity contribution in [3.05, 3.63) is 165 Å². The van der Waals surface area contributed by atoms with Crippen LogP contribution >= 0.6 is 0 Å². The number of benzene rings is 6. The van der Waals surface area contributed by atoms with Crippen LogP contribution < -0.4 is 5.43 Å². The molecule has 1 heterocycles. The van der Waals surface area contributed by atoms with Crippen LogP contribution in [0.2, 0.25) is 0 Å². The first kappa shape index (κ1) is 25.9. The number of nitriles is 1. The lowest BCUT2D eigenvalue weighted by atomic mass is 9.83. The van der Waals surface area contributed by atoms with Gasteiger partial charge in [-0.3, -0.25) is 4.79 Å². The Bertz CT molecular complexity index is 2340. The molecule has 44 heavy (non-hydrogen) atoms. The molecule has 0 N–H and O–H groups in total. The van der Waals surface area contributed by atoms with Crippen molar-refractivity contribution in [1.82, 2.24) is 0 Å². The Morgan fingerprint density at radius 1 is 0.591 bits per heavy atom. The summed E-state index contributed by atoms with van der Waals surface area (Å²) in [6.45, 7) is 4.42. The van der Waals surface area contributed by atoms with Crippen LogP contribution in [0.15, 0.2) is 131 Å². The molecule has 0 unspecified atom stereocenters. The van der Waals surface area contributed by atoms with Crippen molar-refractivity contribution in [2.45, 2.75) is 19.8 Å². The Morgan fingerprint density at radius 2 is 1.20 bits per heavy atom. The fraction of sp³-hybridized carbons (Fsp3) is 0.0732. The van der Waals surface area contributed by atoms with Crippen LogP contribution in [0.3, 0.4) is 0 Å². The Hall–Kier alpha value is -5.72. The van der Waals surface area contributed by atoms with Gasteiger partial charge in [0.2, 0.25) is 5.43 Å². The van der Waals surface area contributed by atoms with E-state index >= 15 is 0 Å². The van der Waals surface area contributed by atoms with E-state index in [9.17, 15) is 10.1 Å². The highest BCUT2D eigenvalue weighted by Gasteiger charge is 2.33. The van der Waals surface area contributed by atoms with E-state index in [1.807, 2.05) is 24.3 Å². The summed E-state index contributed by atoms with van der Waals surface area (Å²) in [5, 5.41) is 10.4. The van der Waals surface area contributed by atoms with Gasteiger partial charge in [-0.15, -0.1) is 0 Å². The van der Waals surface area contributed by atoms with Gasteiger partial charge in [0, 0.05) is 5.92 Å². The average Bonchev–Trinajstić information content (AvgIpc) is 3.41. The highest BCUT2D eigenvalue weighted by Crippen LogP contribution is 2.51. The zero-order chi connectivity index (χ0) is 29.9. The summed E-state index contributed by atoms with van der Waals surface area (Å²) in [5.74, 6) is 0.0940. The fourth-order valence-corrected chi connectivity index (χ4v) is 6.96. The lowest BCUT2D eigenvalue weighted by Crippen LogP contribution is -2.04. The van der Waals surface area contributed by atoms with E-state index in [-0.39, 0.29) is 11.3 Å². The number of rotatable bonds is 3. The molecule has 0 fully saturated rings. The van der Waals surface area contributed by atoms with Crippen molar-refractivity contribution in [3.63, 3.8) is 0 Å². The van der Waals surface area contributed by atoms with Crippen molar-refractivity contribution in [2.24, 2.45) is 0 Å². The normalized spacial score (nSPS) is 12.3. The molecule has 208 valence electrons. The standard InChI is InChI=1S/C41H27NO2/c1-24-8-6-12-32-33-13-7-9-25(2)39(33)40(38(24)32)31-20-29(27-10-4-3-5-11-27)19-30(21-31)28-15-17-35-37(22-28)44-36-18-26(23-42)14-16-34(36)41(35)43/h3-22,40H,1-2H3. The second-order valence-corrected chi connectivity index (χ2v) is 11.7. The van der Waals surface area contributed by atoms with Gasteiger partial charge in [0.15, 0.2) is 0 Å². The smallest absolute Gasteiger partial charge is 0.200 e. The number of nitrogens with zero attached hydrogens (tertiary/aromatic N) is 1. The maximum atomic E-state index is 13.4. The molecular weight excluding hydrogens is 538 g/mol. The van der Waals surface area contributed by atoms with E-state index < -0.39 is 0 Å². The summed E-state index contributed by atoms with van der Waals surface area (Å²) in [6, 6.07) is 43.5. The lowest BCUT2D eigenvalue weighted by Gasteiger charge is -2.21. The van der Waals surface area contributed by atoms with Crippen molar-refractivity contribution in [2.75, 3.05) is 0 Å². The maximum absolute atomic E-state index is 13.4. The van der Waals surface area contributed by atoms with Crippen LogP contribution in [-0.2, 0) is 0 Å². The molecule has 0 bridgehead atoms. The Balaban J connectivity index is 1.38. The molecule has 1 aromatic heterocycles. The molecule has 0 radical (unpaired) electrons. The van der Waals surface area contributed by atoms with Gasteiger partial charge in [-0.25, -0.2) is 0 Å². The topological polar surface area (TPSA) is 54.0 Å². The van der Waals surface area contributed by atoms with E-state index in [2.05, 4.69) is 98.8 Å². The van der Waals surface area contributed by atoms with Crippen LogP contribution in [0.4, 0.5) is 0 Å². The molecule has 6 aromatic carbocycles. The fourth-order valence-electron chi connectivity index (χ4n) is 6.96. The van der Waals surface area contributed by atoms with E-state index in [1.54, 1.807) is 18.2 Å². The SMILES string of the molecule is Cc1cccc2c1C(c1cc(-c3ccccc3)cc(-c3ccc4c(=O)c5ccc(C#N)cc5oc4c3)c1)c1c(C)cccc1-2. The lowest BCUT2D eigenvalue weighted by molar-refractivity contribution is 0.660. The molecule has 1 aliphatic rings. The van der Waals surface area contributed by atoms with Gasteiger partial charge in [0.05, 0.1) is 22.4 Å².